The number of rotatable bonds is 3. The van der Waals surface area contributed by atoms with Gasteiger partial charge in [-0.2, -0.15) is 12.0 Å². The van der Waals surface area contributed by atoms with Gasteiger partial charge in [-0.05, 0) is 0 Å². The number of hydrogen-bond donors (Lipinski definition) is 0. The highest BCUT2D eigenvalue weighted by molar-refractivity contribution is 8.02. The molecule has 0 atom stereocenters. The summed E-state index contributed by atoms with van der Waals surface area (Å²) in [7, 11) is -2.67. The molecule has 0 amide bonds. The van der Waals surface area contributed by atoms with Crippen molar-refractivity contribution in [3.8, 4) is 0 Å². The molecular formula is C2H6O4S2. The minimum Gasteiger partial charge on any atom is -0.251 e. The Bertz CT molecular complexity index is 136. The quantitative estimate of drug-likeness (QED) is 0.548. The molecule has 4 nitrogen and oxygen atoms in total. The largest absolute Gasteiger partial charge is 0.410 e. The van der Waals surface area contributed by atoms with Gasteiger partial charge in [-0.25, -0.2) is 0 Å². The van der Waals surface area contributed by atoms with Crippen LogP contribution in [0.5, 0.6) is 0 Å². The second-order valence-corrected chi connectivity index (χ2v) is 2.84. The molecule has 0 bridgehead atoms. The molecule has 0 aromatic heterocycles. The average molecular weight is 158 g/mol. The Hall–Kier alpha value is 0.220. The lowest BCUT2D eigenvalue weighted by molar-refractivity contribution is 0.344. The van der Waals surface area contributed by atoms with Crippen molar-refractivity contribution in [3.05, 3.63) is 0 Å². The predicted octanol–water partition coefficient (Wildman–Crippen LogP) is 0.172. The fourth-order valence-corrected chi connectivity index (χ4v) is 1.00. The molecule has 0 aromatic carbocycles. The van der Waals surface area contributed by atoms with Crippen LogP contribution in [0.2, 0.25) is 0 Å². The van der Waals surface area contributed by atoms with Gasteiger partial charge >= 0.3 is 10.4 Å². The topological polar surface area (TPSA) is 52.6 Å². The van der Waals surface area contributed by atoms with Gasteiger partial charge in [0.2, 0.25) is 0 Å². The van der Waals surface area contributed by atoms with Crippen LogP contribution < -0.4 is 0 Å². The summed E-state index contributed by atoms with van der Waals surface area (Å²) in [6.07, 6.45) is 1.48. The van der Waals surface area contributed by atoms with Gasteiger partial charge in [0.05, 0.1) is 7.11 Å². The second-order valence-electron chi connectivity index (χ2n) is 0.810. The summed E-state index contributed by atoms with van der Waals surface area (Å²) in [6.45, 7) is 0. The molecule has 0 unspecified atom stereocenters. The Morgan fingerprint density at radius 1 is 1.50 bits per heavy atom. The Morgan fingerprint density at radius 3 is 2.12 bits per heavy atom. The summed E-state index contributed by atoms with van der Waals surface area (Å²) < 4.78 is 28.2. The van der Waals surface area contributed by atoms with Crippen molar-refractivity contribution in [2.24, 2.45) is 0 Å². The molecule has 0 fully saturated rings. The molecule has 50 valence electrons. The first kappa shape index (κ1) is 8.22. The molecule has 6 heteroatoms. The lowest BCUT2D eigenvalue weighted by Crippen LogP contribution is -2.01. The molecule has 0 spiro atoms. The van der Waals surface area contributed by atoms with E-state index >= 15 is 0 Å². The number of hydrogen-bond acceptors (Lipinski definition) is 5. The highest BCUT2D eigenvalue weighted by Gasteiger charge is 2.05. The Morgan fingerprint density at radius 2 is 2.00 bits per heavy atom. The maximum Gasteiger partial charge on any atom is 0.410 e. The van der Waals surface area contributed by atoms with Gasteiger partial charge in [0.1, 0.15) is 0 Å². The molecule has 0 aliphatic rings. The van der Waals surface area contributed by atoms with Crippen LogP contribution in [0.1, 0.15) is 0 Å². The van der Waals surface area contributed by atoms with Crippen molar-refractivity contribution in [1.29, 1.82) is 0 Å². The van der Waals surface area contributed by atoms with Crippen LogP contribution in [0.3, 0.4) is 0 Å². The summed E-state index contributed by atoms with van der Waals surface area (Å²) in [5.41, 5.74) is 0. The lowest BCUT2D eigenvalue weighted by Gasteiger charge is -1.94. The molecule has 0 N–H and O–H groups in total. The third kappa shape index (κ3) is 3.25. The standard InChI is InChI=1S/C2H6O4S2/c1-5-8(3,4)6-7-2/h1-2H3. The van der Waals surface area contributed by atoms with Gasteiger partial charge in [-0.3, -0.25) is 4.18 Å². The fourth-order valence-electron chi connectivity index (χ4n) is 0.111. The summed E-state index contributed by atoms with van der Waals surface area (Å²) in [5.74, 6) is 0. The summed E-state index contributed by atoms with van der Waals surface area (Å²) >= 11 is 0.720. The molecule has 0 saturated heterocycles. The summed E-state index contributed by atoms with van der Waals surface area (Å²) in [5, 5.41) is 0. The maximum absolute atomic E-state index is 10.1. The lowest BCUT2D eigenvalue weighted by atomic mass is 11.8. The van der Waals surface area contributed by atoms with Gasteiger partial charge in [0.15, 0.2) is 0 Å². The SMILES string of the molecule is COS(=O)(=O)OSC. The fraction of sp³-hybridized carbons (Fsp3) is 1.00. The molecular weight excluding hydrogens is 152 g/mol. The molecule has 0 aliphatic heterocycles. The molecule has 8 heavy (non-hydrogen) atoms. The van der Waals surface area contributed by atoms with Crippen LogP contribution in [0.25, 0.3) is 0 Å². The zero-order valence-corrected chi connectivity index (χ0v) is 6.08. The van der Waals surface area contributed by atoms with Gasteiger partial charge < -0.3 is 0 Å². The van der Waals surface area contributed by atoms with Crippen LogP contribution in [0.15, 0.2) is 0 Å². The first-order valence-corrected chi connectivity index (χ1v) is 4.13. The van der Waals surface area contributed by atoms with E-state index < -0.39 is 10.4 Å². The molecule has 0 rings (SSSR count). The van der Waals surface area contributed by atoms with Gasteiger partial charge in [-0.15, -0.1) is 0 Å². The second kappa shape index (κ2) is 3.29. The third-order valence-corrected chi connectivity index (χ3v) is 1.97. The van der Waals surface area contributed by atoms with Crippen LogP contribution in [-0.4, -0.2) is 21.8 Å². The van der Waals surface area contributed by atoms with Crippen molar-refractivity contribution >= 4 is 22.4 Å². The molecule has 0 radical (unpaired) electrons. The van der Waals surface area contributed by atoms with Crippen molar-refractivity contribution < 1.29 is 16.2 Å². The van der Waals surface area contributed by atoms with E-state index in [0.29, 0.717) is 0 Å². The monoisotopic (exact) mass is 158 g/mol. The van der Waals surface area contributed by atoms with Gasteiger partial charge in [0.25, 0.3) is 0 Å². The zero-order valence-electron chi connectivity index (χ0n) is 4.45. The van der Waals surface area contributed by atoms with E-state index in [-0.39, 0.29) is 0 Å². The zero-order chi connectivity index (χ0) is 6.62. The smallest absolute Gasteiger partial charge is 0.251 e. The molecule has 0 aromatic rings. The van der Waals surface area contributed by atoms with Crippen molar-refractivity contribution in [3.63, 3.8) is 0 Å². The highest BCUT2D eigenvalue weighted by Crippen LogP contribution is 2.03. The van der Waals surface area contributed by atoms with Crippen molar-refractivity contribution in [2.45, 2.75) is 0 Å². The molecule has 0 saturated carbocycles. The van der Waals surface area contributed by atoms with E-state index in [9.17, 15) is 8.42 Å². The third-order valence-electron chi connectivity index (χ3n) is 0.355. The average Bonchev–Trinajstić information content (AvgIpc) is 1.67. The minimum absolute atomic E-state index is 0.720. The van der Waals surface area contributed by atoms with Crippen LogP contribution in [-0.2, 0) is 18.2 Å². The van der Waals surface area contributed by atoms with E-state index in [2.05, 4.69) is 7.81 Å². The normalized spacial score (nSPS) is 11.8. The van der Waals surface area contributed by atoms with Crippen LogP contribution in [0, 0.1) is 0 Å². The van der Waals surface area contributed by atoms with E-state index in [1.54, 1.807) is 0 Å². The first-order chi connectivity index (χ1) is 3.62. The Balaban J connectivity index is 3.76. The Labute approximate surface area is 52.7 Å². The van der Waals surface area contributed by atoms with Gasteiger partial charge in [-0.1, -0.05) is 0 Å². The van der Waals surface area contributed by atoms with Crippen LogP contribution in [0.4, 0.5) is 0 Å². The van der Waals surface area contributed by atoms with Crippen molar-refractivity contribution in [2.75, 3.05) is 13.4 Å². The van der Waals surface area contributed by atoms with E-state index in [4.69, 9.17) is 0 Å². The summed E-state index contributed by atoms with van der Waals surface area (Å²) in [6, 6.07) is 0. The van der Waals surface area contributed by atoms with Gasteiger partial charge in [0, 0.05) is 18.3 Å². The van der Waals surface area contributed by atoms with Crippen molar-refractivity contribution in [1.82, 2.24) is 0 Å². The predicted molar refractivity (Wildman–Crippen MR) is 30.5 cm³/mol. The summed E-state index contributed by atoms with van der Waals surface area (Å²) in [4.78, 5) is 0. The van der Waals surface area contributed by atoms with E-state index in [0.717, 1.165) is 19.2 Å². The Kier molecular flexibility index (Phi) is 3.38. The first-order valence-electron chi connectivity index (χ1n) is 1.65. The minimum atomic E-state index is -3.71. The maximum atomic E-state index is 10.1. The van der Waals surface area contributed by atoms with E-state index in [1.165, 1.54) is 6.26 Å². The van der Waals surface area contributed by atoms with E-state index in [1.807, 2.05) is 0 Å². The highest BCUT2D eigenvalue weighted by atomic mass is 32.3. The molecule has 0 heterocycles. The van der Waals surface area contributed by atoms with Crippen LogP contribution >= 0.6 is 12.0 Å². The molecule has 0 aliphatic carbocycles.